The molecule has 2 aromatic rings. The van der Waals surface area contributed by atoms with Crippen molar-refractivity contribution in [1.29, 1.82) is 0 Å². The molecule has 0 spiro atoms. The average Bonchev–Trinajstić information content (AvgIpc) is 2.86. The van der Waals surface area contributed by atoms with Crippen LogP contribution in [-0.4, -0.2) is 31.3 Å². The van der Waals surface area contributed by atoms with Gasteiger partial charge in [-0.3, -0.25) is 0 Å². The van der Waals surface area contributed by atoms with Crippen LogP contribution in [0.25, 0.3) is 11.0 Å². The van der Waals surface area contributed by atoms with Crippen LogP contribution in [0.1, 0.15) is 11.8 Å². The van der Waals surface area contributed by atoms with E-state index in [1.165, 1.54) is 0 Å². The van der Waals surface area contributed by atoms with Gasteiger partial charge in [-0.25, -0.2) is 0 Å². The van der Waals surface area contributed by atoms with Gasteiger partial charge in [0.25, 0.3) is 0 Å². The highest BCUT2D eigenvalue weighted by Gasteiger charge is 2.28. The fourth-order valence-electron chi connectivity index (χ4n) is 2.41. The summed E-state index contributed by atoms with van der Waals surface area (Å²) in [5.41, 5.74) is 0.753. The maximum absolute atomic E-state index is 6.15. The lowest BCUT2D eigenvalue weighted by Gasteiger charge is -2.28. The highest BCUT2D eigenvalue weighted by Crippen LogP contribution is 2.32. The van der Waals surface area contributed by atoms with Gasteiger partial charge in [-0.1, -0.05) is 23.7 Å². The van der Waals surface area contributed by atoms with Crippen molar-refractivity contribution in [3.05, 3.63) is 35.0 Å². The van der Waals surface area contributed by atoms with Gasteiger partial charge in [0.1, 0.15) is 5.76 Å². The monoisotopic (exact) mass is 297 g/mol. The van der Waals surface area contributed by atoms with Crippen molar-refractivity contribution in [2.75, 3.05) is 25.2 Å². The number of para-hydroxylation sites is 1. The number of hydrogen-bond donors (Lipinski definition) is 1. The van der Waals surface area contributed by atoms with Gasteiger partial charge in [0.15, 0.2) is 5.58 Å². The van der Waals surface area contributed by atoms with Crippen molar-refractivity contribution in [3.63, 3.8) is 0 Å². The molecule has 3 rings (SSSR count). The van der Waals surface area contributed by atoms with Gasteiger partial charge < -0.3 is 14.5 Å². The largest absolute Gasteiger partial charge is 0.458 e. The molecule has 2 unspecified atom stereocenters. The van der Waals surface area contributed by atoms with E-state index in [9.17, 15) is 0 Å². The summed E-state index contributed by atoms with van der Waals surface area (Å²) in [7, 11) is 1.93. The third kappa shape index (κ3) is 2.63. The molecule has 0 amide bonds. The van der Waals surface area contributed by atoms with Gasteiger partial charge in [-0.2, -0.15) is 11.8 Å². The molecule has 19 heavy (non-hydrogen) atoms. The molecule has 0 aliphatic carbocycles. The van der Waals surface area contributed by atoms with Crippen LogP contribution in [0.5, 0.6) is 0 Å². The number of furan rings is 1. The van der Waals surface area contributed by atoms with E-state index in [1.54, 1.807) is 0 Å². The molecule has 1 fully saturated rings. The Kier molecular flexibility index (Phi) is 4.03. The lowest BCUT2D eigenvalue weighted by molar-refractivity contribution is 0.0436. The molecule has 0 saturated carbocycles. The zero-order chi connectivity index (χ0) is 13.2. The predicted octanol–water partition coefficient (Wildman–Crippen LogP) is 3.48. The van der Waals surface area contributed by atoms with Crippen LogP contribution in [0.15, 0.2) is 28.7 Å². The first kappa shape index (κ1) is 13.3. The molecule has 1 N–H and O–H groups in total. The smallest absolute Gasteiger partial charge is 0.152 e. The fourth-order valence-corrected chi connectivity index (χ4v) is 3.53. The van der Waals surface area contributed by atoms with Crippen LogP contribution in [0.3, 0.4) is 0 Å². The topological polar surface area (TPSA) is 34.4 Å². The van der Waals surface area contributed by atoms with Crippen molar-refractivity contribution in [3.8, 4) is 0 Å². The fraction of sp³-hybridized carbons (Fsp3) is 0.429. The maximum atomic E-state index is 6.15. The molecule has 0 bridgehead atoms. The normalized spacial score (nSPS) is 21.7. The molecule has 0 radical (unpaired) electrons. The molecule has 1 saturated heterocycles. The van der Waals surface area contributed by atoms with E-state index < -0.39 is 0 Å². The zero-order valence-corrected chi connectivity index (χ0v) is 12.3. The van der Waals surface area contributed by atoms with Crippen molar-refractivity contribution < 1.29 is 9.15 Å². The Morgan fingerprint density at radius 2 is 2.37 bits per heavy atom. The Hall–Kier alpha value is -0.680. The van der Waals surface area contributed by atoms with Crippen LogP contribution < -0.4 is 5.32 Å². The third-order valence-electron chi connectivity index (χ3n) is 3.35. The summed E-state index contributed by atoms with van der Waals surface area (Å²) in [6.07, 6.45) is 0.142. The quantitative estimate of drug-likeness (QED) is 0.940. The van der Waals surface area contributed by atoms with Crippen LogP contribution in [-0.2, 0) is 4.74 Å². The Morgan fingerprint density at radius 1 is 1.47 bits per heavy atom. The molecule has 1 aromatic carbocycles. The lowest BCUT2D eigenvalue weighted by atomic mass is 10.1. The number of halogens is 1. The zero-order valence-electron chi connectivity index (χ0n) is 10.7. The first-order valence-corrected chi connectivity index (χ1v) is 7.87. The van der Waals surface area contributed by atoms with Crippen LogP contribution >= 0.6 is 23.4 Å². The van der Waals surface area contributed by atoms with Crippen LogP contribution in [0, 0.1) is 0 Å². The summed E-state index contributed by atoms with van der Waals surface area (Å²) in [5, 5.41) is 4.98. The Morgan fingerprint density at radius 3 is 3.05 bits per heavy atom. The van der Waals surface area contributed by atoms with E-state index in [2.05, 4.69) is 5.32 Å². The van der Waals surface area contributed by atoms with Crippen molar-refractivity contribution >= 4 is 34.3 Å². The molecule has 2 heterocycles. The second kappa shape index (κ2) is 5.75. The molecule has 102 valence electrons. The van der Waals surface area contributed by atoms with Gasteiger partial charge in [0, 0.05) is 16.9 Å². The minimum absolute atomic E-state index is 0.0660. The minimum atomic E-state index is 0.0660. The van der Waals surface area contributed by atoms with Crippen LogP contribution in [0.2, 0.25) is 5.02 Å². The van der Waals surface area contributed by atoms with E-state index >= 15 is 0 Å². The molecule has 1 aromatic heterocycles. The average molecular weight is 298 g/mol. The van der Waals surface area contributed by atoms with Gasteiger partial charge in [0.05, 0.1) is 23.8 Å². The summed E-state index contributed by atoms with van der Waals surface area (Å²) in [4.78, 5) is 0. The predicted molar refractivity (Wildman–Crippen MR) is 80.1 cm³/mol. The molecule has 3 nitrogen and oxygen atoms in total. The first-order valence-electron chi connectivity index (χ1n) is 6.34. The third-order valence-corrected chi connectivity index (χ3v) is 4.66. The number of fused-ring (bicyclic) bond motifs is 1. The van der Waals surface area contributed by atoms with Crippen molar-refractivity contribution in [1.82, 2.24) is 5.32 Å². The number of rotatable bonds is 3. The lowest BCUT2D eigenvalue weighted by Crippen LogP contribution is -2.36. The molecule has 1 aliphatic heterocycles. The number of nitrogens with one attached hydrogen (secondary N) is 1. The highest BCUT2D eigenvalue weighted by atomic mass is 35.5. The second-order valence-corrected chi connectivity index (χ2v) is 6.11. The number of benzene rings is 1. The molecular formula is C14H16ClNO2S. The van der Waals surface area contributed by atoms with Crippen molar-refractivity contribution in [2.24, 2.45) is 0 Å². The minimum Gasteiger partial charge on any atom is -0.458 e. The SMILES string of the molecule is CNC(c1cc2cccc(Cl)c2o1)C1CSCCO1. The summed E-state index contributed by atoms with van der Waals surface area (Å²) in [5.74, 6) is 2.94. The first-order chi connectivity index (χ1) is 9.29. The molecule has 5 heteroatoms. The number of likely N-dealkylation sites (N-methyl/N-ethyl adjacent to an activating group) is 1. The molecule has 1 aliphatic rings. The van der Waals surface area contributed by atoms with E-state index in [-0.39, 0.29) is 12.1 Å². The highest BCUT2D eigenvalue weighted by molar-refractivity contribution is 7.99. The van der Waals surface area contributed by atoms with Crippen LogP contribution in [0.4, 0.5) is 0 Å². The number of ether oxygens (including phenoxy) is 1. The Labute approximate surface area is 121 Å². The molecule has 2 atom stereocenters. The van der Waals surface area contributed by atoms with Gasteiger partial charge in [-0.05, 0) is 19.2 Å². The summed E-state index contributed by atoms with van der Waals surface area (Å²) in [6.45, 7) is 0.800. The van der Waals surface area contributed by atoms with E-state index in [0.717, 1.165) is 34.8 Å². The van der Waals surface area contributed by atoms with E-state index in [1.807, 2.05) is 43.1 Å². The van der Waals surface area contributed by atoms with Gasteiger partial charge in [-0.15, -0.1) is 0 Å². The standard InChI is InChI=1S/C14H16ClNO2S/c1-16-13(12-8-19-6-5-17-12)11-7-9-3-2-4-10(15)14(9)18-11/h2-4,7,12-13,16H,5-6,8H2,1H3. The van der Waals surface area contributed by atoms with E-state index in [4.69, 9.17) is 20.8 Å². The Balaban J connectivity index is 1.94. The number of thioether (sulfide) groups is 1. The summed E-state index contributed by atoms with van der Waals surface area (Å²) < 4.78 is 11.8. The summed E-state index contributed by atoms with van der Waals surface area (Å²) in [6, 6.07) is 7.91. The van der Waals surface area contributed by atoms with Gasteiger partial charge in [0.2, 0.25) is 0 Å². The molecular weight excluding hydrogens is 282 g/mol. The Bertz CT molecular complexity index is 566. The summed E-state index contributed by atoms with van der Waals surface area (Å²) >= 11 is 8.07. The second-order valence-electron chi connectivity index (χ2n) is 4.56. The van der Waals surface area contributed by atoms with E-state index in [0.29, 0.717) is 5.02 Å². The van der Waals surface area contributed by atoms with Crippen molar-refractivity contribution in [2.45, 2.75) is 12.1 Å². The maximum Gasteiger partial charge on any atom is 0.152 e. The van der Waals surface area contributed by atoms with Gasteiger partial charge >= 0.3 is 0 Å². The number of hydrogen-bond acceptors (Lipinski definition) is 4.